The van der Waals surface area contributed by atoms with Gasteiger partial charge in [-0.05, 0) is 50.3 Å². The fraction of sp³-hybridized carbons (Fsp3) is 0.421. The van der Waals surface area contributed by atoms with Crippen LogP contribution in [0.15, 0.2) is 24.3 Å². The third-order valence-electron chi connectivity index (χ3n) is 4.90. The average molecular weight is 392 g/mol. The highest BCUT2D eigenvalue weighted by molar-refractivity contribution is 6.05. The summed E-state index contributed by atoms with van der Waals surface area (Å²) in [5.74, 6) is -0.741. The van der Waals surface area contributed by atoms with Crippen LogP contribution in [0.4, 0.5) is 18.9 Å². The van der Waals surface area contributed by atoms with Crippen molar-refractivity contribution in [1.82, 2.24) is 14.9 Å². The molecule has 0 saturated heterocycles. The highest BCUT2D eigenvalue weighted by atomic mass is 19.4. The molecule has 1 aromatic heterocycles. The van der Waals surface area contributed by atoms with Gasteiger partial charge in [0.15, 0.2) is 11.5 Å². The summed E-state index contributed by atoms with van der Waals surface area (Å²) in [5.41, 5.74) is -0.0715. The van der Waals surface area contributed by atoms with E-state index >= 15 is 0 Å². The van der Waals surface area contributed by atoms with Gasteiger partial charge in [0.05, 0.1) is 11.3 Å². The van der Waals surface area contributed by atoms with E-state index in [1.54, 1.807) is 4.57 Å². The number of hydrogen-bond acceptors (Lipinski definition) is 3. The Labute approximate surface area is 159 Å². The molecule has 1 aromatic carbocycles. The van der Waals surface area contributed by atoms with Gasteiger partial charge in [0.25, 0.3) is 11.8 Å². The van der Waals surface area contributed by atoms with Crippen molar-refractivity contribution in [1.29, 1.82) is 0 Å². The first-order chi connectivity index (χ1) is 13.3. The molecule has 4 rings (SSSR count). The molecule has 2 amide bonds. The van der Waals surface area contributed by atoms with Crippen molar-refractivity contribution < 1.29 is 22.8 Å². The summed E-state index contributed by atoms with van der Waals surface area (Å²) in [7, 11) is 0. The second-order valence-electron chi connectivity index (χ2n) is 7.12. The summed E-state index contributed by atoms with van der Waals surface area (Å²) < 4.78 is 40.4. The molecule has 6 nitrogen and oxygen atoms in total. The number of fused-ring (bicyclic) bond motifs is 1. The average Bonchev–Trinajstić information content (AvgIpc) is 3.38. The Balaban J connectivity index is 1.60. The largest absolute Gasteiger partial charge is 0.416 e. The number of anilines is 1. The van der Waals surface area contributed by atoms with Crippen molar-refractivity contribution in [3.8, 4) is 0 Å². The third kappa shape index (κ3) is 3.74. The van der Waals surface area contributed by atoms with Crippen LogP contribution in [-0.2, 0) is 19.1 Å². The number of halogens is 3. The topological polar surface area (TPSA) is 76.0 Å². The SMILES string of the molecule is O=C(Nc1cccc(C(F)(F)F)c1)c1nc(C(=O)NC2CC2)n2c1CCCC2. The Morgan fingerprint density at radius 1 is 1.14 bits per heavy atom. The maximum Gasteiger partial charge on any atom is 0.416 e. The smallest absolute Gasteiger partial charge is 0.347 e. The monoisotopic (exact) mass is 392 g/mol. The second-order valence-corrected chi connectivity index (χ2v) is 7.12. The predicted octanol–water partition coefficient (Wildman–Crippen LogP) is 3.38. The van der Waals surface area contributed by atoms with Gasteiger partial charge in [-0.3, -0.25) is 9.59 Å². The van der Waals surface area contributed by atoms with E-state index in [1.807, 2.05) is 0 Å². The molecular weight excluding hydrogens is 373 g/mol. The van der Waals surface area contributed by atoms with Crippen LogP contribution in [0.3, 0.4) is 0 Å². The lowest BCUT2D eigenvalue weighted by Gasteiger charge is -2.17. The molecule has 148 valence electrons. The van der Waals surface area contributed by atoms with E-state index in [4.69, 9.17) is 0 Å². The van der Waals surface area contributed by atoms with Gasteiger partial charge in [-0.1, -0.05) is 6.07 Å². The lowest BCUT2D eigenvalue weighted by Crippen LogP contribution is -2.29. The second kappa shape index (κ2) is 6.96. The quantitative estimate of drug-likeness (QED) is 0.838. The molecule has 2 N–H and O–H groups in total. The normalized spacial score (nSPS) is 16.4. The summed E-state index contributed by atoms with van der Waals surface area (Å²) in [4.78, 5) is 29.4. The molecular formula is C19H19F3N4O2. The Morgan fingerprint density at radius 3 is 2.64 bits per heavy atom. The van der Waals surface area contributed by atoms with E-state index < -0.39 is 17.6 Å². The van der Waals surface area contributed by atoms with Crippen molar-refractivity contribution in [2.75, 3.05) is 5.32 Å². The summed E-state index contributed by atoms with van der Waals surface area (Å²) in [6.45, 7) is 0.590. The maximum absolute atomic E-state index is 12.9. The zero-order valence-corrected chi connectivity index (χ0v) is 15.0. The molecule has 2 aromatic rings. The number of nitrogens with zero attached hydrogens (tertiary/aromatic N) is 2. The van der Waals surface area contributed by atoms with Crippen molar-refractivity contribution in [2.45, 2.75) is 50.9 Å². The molecule has 0 bridgehead atoms. The number of rotatable bonds is 4. The summed E-state index contributed by atoms with van der Waals surface area (Å²) in [6, 6.07) is 4.59. The molecule has 0 spiro atoms. The van der Waals surface area contributed by atoms with Crippen LogP contribution in [0.5, 0.6) is 0 Å². The molecule has 28 heavy (non-hydrogen) atoms. The van der Waals surface area contributed by atoms with Gasteiger partial charge in [-0.25, -0.2) is 4.98 Å². The Morgan fingerprint density at radius 2 is 1.93 bits per heavy atom. The number of amides is 2. The van der Waals surface area contributed by atoms with Crippen LogP contribution in [0.2, 0.25) is 0 Å². The van der Waals surface area contributed by atoms with Gasteiger partial charge in [-0.15, -0.1) is 0 Å². The van der Waals surface area contributed by atoms with Crippen LogP contribution in [0.25, 0.3) is 0 Å². The van der Waals surface area contributed by atoms with E-state index in [0.717, 1.165) is 37.8 Å². The molecule has 1 aliphatic carbocycles. The molecule has 0 unspecified atom stereocenters. The Hall–Kier alpha value is -2.84. The standard InChI is InChI=1S/C19H19F3N4O2/c20-19(21,22)11-4-3-5-13(10-11)24-17(27)15-14-6-1-2-9-26(14)16(25-15)18(28)23-12-7-8-12/h3-5,10,12H,1-2,6-9H2,(H,23,28)(H,24,27). The van der Waals surface area contributed by atoms with Crippen molar-refractivity contribution >= 4 is 17.5 Å². The molecule has 9 heteroatoms. The van der Waals surface area contributed by atoms with Crippen LogP contribution < -0.4 is 10.6 Å². The third-order valence-corrected chi connectivity index (χ3v) is 4.90. The first-order valence-corrected chi connectivity index (χ1v) is 9.22. The molecule has 2 heterocycles. The van der Waals surface area contributed by atoms with Gasteiger partial charge in [0.2, 0.25) is 0 Å². The highest BCUT2D eigenvalue weighted by Gasteiger charge is 2.32. The summed E-state index contributed by atoms with van der Waals surface area (Å²) in [6.07, 6.45) is -0.303. The van der Waals surface area contributed by atoms with E-state index in [2.05, 4.69) is 15.6 Å². The van der Waals surface area contributed by atoms with Crippen LogP contribution >= 0.6 is 0 Å². The number of hydrogen-bond donors (Lipinski definition) is 2. The highest BCUT2D eigenvalue weighted by Crippen LogP contribution is 2.31. The number of imidazole rings is 1. The van der Waals surface area contributed by atoms with Gasteiger partial charge in [-0.2, -0.15) is 13.2 Å². The Bertz CT molecular complexity index is 932. The number of carbonyl (C=O) groups is 2. The Kier molecular flexibility index (Phi) is 4.60. The first kappa shape index (κ1) is 18.5. The fourth-order valence-corrected chi connectivity index (χ4v) is 3.34. The van der Waals surface area contributed by atoms with E-state index in [0.29, 0.717) is 18.7 Å². The molecule has 0 radical (unpaired) electrons. The minimum absolute atomic E-state index is 0.0290. The summed E-state index contributed by atoms with van der Waals surface area (Å²) in [5, 5.41) is 5.35. The van der Waals surface area contributed by atoms with Crippen LogP contribution in [0, 0.1) is 0 Å². The molecule has 1 fully saturated rings. The van der Waals surface area contributed by atoms with Crippen molar-refractivity contribution in [3.05, 3.63) is 47.0 Å². The summed E-state index contributed by atoms with van der Waals surface area (Å²) >= 11 is 0. The minimum atomic E-state index is -4.50. The van der Waals surface area contributed by atoms with Crippen LogP contribution in [0.1, 0.15) is 58.0 Å². The number of benzene rings is 1. The van der Waals surface area contributed by atoms with Crippen molar-refractivity contribution in [3.63, 3.8) is 0 Å². The van der Waals surface area contributed by atoms with Gasteiger partial charge in [0, 0.05) is 18.3 Å². The minimum Gasteiger partial charge on any atom is -0.347 e. The molecule has 0 atom stereocenters. The lowest BCUT2D eigenvalue weighted by atomic mass is 10.1. The zero-order valence-electron chi connectivity index (χ0n) is 15.0. The molecule has 1 aliphatic heterocycles. The van der Waals surface area contributed by atoms with Crippen molar-refractivity contribution in [2.24, 2.45) is 0 Å². The zero-order chi connectivity index (χ0) is 19.9. The van der Waals surface area contributed by atoms with Gasteiger partial charge in [0.1, 0.15) is 0 Å². The number of aromatic nitrogens is 2. The number of carbonyl (C=O) groups excluding carboxylic acids is 2. The van der Waals surface area contributed by atoms with Crippen LogP contribution in [-0.4, -0.2) is 27.4 Å². The molecule has 1 saturated carbocycles. The number of alkyl halides is 3. The van der Waals surface area contributed by atoms with E-state index in [9.17, 15) is 22.8 Å². The number of nitrogens with one attached hydrogen (secondary N) is 2. The van der Waals surface area contributed by atoms with E-state index in [1.165, 1.54) is 12.1 Å². The van der Waals surface area contributed by atoms with Gasteiger partial charge >= 0.3 is 6.18 Å². The van der Waals surface area contributed by atoms with E-state index in [-0.39, 0.29) is 29.2 Å². The van der Waals surface area contributed by atoms with Gasteiger partial charge < -0.3 is 15.2 Å². The molecule has 2 aliphatic rings. The lowest BCUT2D eigenvalue weighted by molar-refractivity contribution is -0.137. The first-order valence-electron chi connectivity index (χ1n) is 9.22. The predicted molar refractivity (Wildman–Crippen MR) is 95.1 cm³/mol. The maximum atomic E-state index is 12.9. The fourth-order valence-electron chi connectivity index (χ4n) is 3.34.